The minimum absolute atomic E-state index is 0.216. The van der Waals surface area contributed by atoms with E-state index in [0.717, 1.165) is 38.8 Å². The summed E-state index contributed by atoms with van der Waals surface area (Å²) in [5.41, 5.74) is 6.11. The lowest BCUT2D eigenvalue weighted by molar-refractivity contribution is -0.133. The summed E-state index contributed by atoms with van der Waals surface area (Å²) in [7, 11) is 0. The molecule has 0 radical (unpaired) electrons. The van der Waals surface area contributed by atoms with E-state index in [-0.39, 0.29) is 11.9 Å². The Balaban J connectivity index is 1.88. The third-order valence-corrected chi connectivity index (χ3v) is 4.11. The van der Waals surface area contributed by atoms with Crippen molar-refractivity contribution in [1.82, 2.24) is 4.90 Å². The predicted octanol–water partition coefficient (Wildman–Crippen LogP) is 1.91. The van der Waals surface area contributed by atoms with Gasteiger partial charge in [-0.3, -0.25) is 4.79 Å². The van der Waals surface area contributed by atoms with Crippen LogP contribution in [-0.2, 0) is 4.79 Å². The van der Waals surface area contributed by atoms with Crippen LogP contribution in [0.5, 0.6) is 0 Å². The topological polar surface area (TPSA) is 46.3 Å². The number of carbonyl (C=O) groups is 1. The summed E-state index contributed by atoms with van der Waals surface area (Å²) in [5, 5.41) is 0. The van der Waals surface area contributed by atoms with E-state index in [1.807, 2.05) is 4.90 Å². The van der Waals surface area contributed by atoms with Gasteiger partial charge in [0.1, 0.15) is 0 Å². The molecule has 3 heteroatoms. The van der Waals surface area contributed by atoms with E-state index in [4.69, 9.17) is 5.73 Å². The second-order valence-corrected chi connectivity index (χ2v) is 5.31. The Morgan fingerprint density at radius 3 is 2.12 bits per heavy atom. The van der Waals surface area contributed by atoms with Crippen molar-refractivity contribution < 1.29 is 4.79 Å². The largest absolute Gasteiger partial charge is 0.341 e. The first-order valence-corrected chi connectivity index (χ1v) is 6.83. The number of rotatable bonds is 2. The van der Waals surface area contributed by atoms with E-state index >= 15 is 0 Å². The van der Waals surface area contributed by atoms with Gasteiger partial charge in [0.15, 0.2) is 0 Å². The van der Waals surface area contributed by atoms with Crippen molar-refractivity contribution in [1.29, 1.82) is 0 Å². The Morgan fingerprint density at radius 1 is 1.00 bits per heavy atom. The maximum absolute atomic E-state index is 12.2. The molecule has 3 nitrogen and oxygen atoms in total. The highest BCUT2D eigenvalue weighted by Crippen LogP contribution is 2.27. The Morgan fingerprint density at radius 2 is 1.56 bits per heavy atom. The summed E-state index contributed by atoms with van der Waals surface area (Å²) >= 11 is 0. The molecule has 1 saturated carbocycles. The Labute approximate surface area is 98.4 Å². The number of likely N-dealkylation sites (tertiary alicyclic amines) is 1. The van der Waals surface area contributed by atoms with Crippen LogP contribution in [0.3, 0.4) is 0 Å². The zero-order valence-corrected chi connectivity index (χ0v) is 10.2. The molecule has 0 aromatic carbocycles. The van der Waals surface area contributed by atoms with Gasteiger partial charge in [0.25, 0.3) is 0 Å². The van der Waals surface area contributed by atoms with Crippen LogP contribution >= 0.6 is 0 Å². The molecule has 16 heavy (non-hydrogen) atoms. The standard InChI is InChI=1S/C13H24N2O/c14-12(11-7-3-4-8-11)13(16)15-9-5-1-2-6-10-15/h11-12H,1-10,14H2. The maximum atomic E-state index is 12.2. The monoisotopic (exact) mass is 224 g/mol. The van der Waals surface area contributed by atoms with Gasteiger partial charge in [-0.1, -0.05) is 25.7 Å². The van der Waals surface area contributed by atoms with E-state index in [9.17, 15) is 4.79 Å². The van der Waals surface area contributed by atoms with E-state index in [2.05, 4.69) is 0 Å². The predicted molar refractivity (Wildman–Crippen MR) is 65.0 cm³/mol. The SMILES string of the molecule is NC(C(=O)N1CCCCCC1)C1CCCC1. The normalized spacial score (nSPS) is 25.4. The van der Waals surface area contributed by atoms with Crippen LogP contribution in [0.15, 0.2) is 0 Å². The van der Waals surface area contributed by atoms with Crippen LogP contribution in [0.1, 0.15) is 51.4 Å². The summed E-state index contributed by atoms with van der Waals surface area (Å²) < 4.78 is 0. The number of nitrogens with two attached hydrogens (primary N) is 1. The van der Waals surface area contributed by atoms with E-state index < -0.39 is 0 Å². The summed E-state index contributed by atoms with van der Waals surface area (Å²) in [5.74, 6) is 0.671. The first kappa shape index (κ1) is 11.9. The molecule has 2 fully saturated rings. The molecule has 0 aromatic heterocycles. The molecule has 1 saturated heterocycles. The minimum atomic E-state index is -0.222. The molecule has 2 rings (SSSR count). The highest BCUT2D eigenvalue weighted by Gasteiger charge is 2.30. The van der Waals surface area contributed by atoms with Crippen molar-refractivity contribution in [3.63, 3.8) is 0 Å². The van der Waals surface area contributed by atoms with Gasteiger partial charge in [-0.15, -0.1) is 0 Å². The molecule has 1 aliphatic carbocycles. The lowest BCUT2D eigenvalue weighted by Gasteiger charge is -2.27. The average Bonchev–Trinajstić information content (AvgIpc) is 2.70. The van der Waals surface area contributed by atoms with Gasteiger partial charge in [-0.05, 0) is 31.6 Å². The highest BCUT2D eigenvalue weighted by atomic mass is 16.2. The van der Waals surface area contributed by atoms with E-state index in [0.29, 0.717) is 5.92 Å². The highest BCUT2D eigenvalue weighted by molar-refractivity contribution is 5.82. The molecule has 1 unspecified atom stereocenters. The number of nitrogens with zero attached hydrogens (tertiary/aromatic N) is 1. The van der Waals surface area contributed by atoms with E-state index in [1.165, 1.54) is 25.7 Å². The summed E-state index contributed by atoms with van der Waals surface area (Å²) in [4.78, 5) is 14.2. The summed E-state index contributed by atoms with van der Waals surface area (Å²) in [6.45, 7) is 1.86. The molecule has 1 amide bonds. The molecule has 1 aliphatic heterocycles. The second kappa shape index (κ2) is 5.67. The van der Waals surface area contributed by atoms with E-state index in [1.54, 1.807) is 0 Å². The number of amides is 1. The van der Waals surface area contributed by atoms with Gasteiger partial charge in [0, 0.05) is 13.1 Å². The van der Waals surface area contributed by atoms with Crippen LogP contribution in [0.25, 0.3) is 0 Å². The summed E-state index contributed by atoms with van der Waals surface area (Å²) in [6.07, 6.45) is 9.66. The zero-order valence-electron chi connectivity index (χ0n) is 10.2. The van der Waals surface area contributed by atoms with Gasteiger partial charge in [0.05, 0.1) is 6.04 Å². The van der Waals surface area contributed by atoms with Crippen LogP contribution in [-0.4, -0.2) is 29.9 Å². The molecular weight excluding hydrogens is 200 g/mol. The molecular formula is C13H24N2O. The van der Waals surface area contributed by atoms with Crippen molar-refractivity contribution in [3.8, 4) is 0 Å². The molecule has 0 spiro atoms. The average molecular weight is 224 g/mol. The van der Waals surface area contributed by atoms with Crippen LogP contribution < -0.4 is 5.73 Å². The lowest BCUT2D eigenvalue weighted by Crippen LogP contribution is -2.47. The van der Waals surface area contributed by atoms with Gasteiger partial charge in [-0.25, -0.2) is 0 Å². The Bertz CT molecular complexity index is 224. The quantitative estimate of drug-likeness (QED) is 0.778. The number of hydrogen-bond acceptors (Lipinski definition) is 2. The van der Waals surface area contributed by atoms with Gasteiger partial charge in [0.2, 0.25) is 5.91 Å². The van der Waals surface area contributed by atoms with Gasteiger partial charge in [-0.2, -0.15) is 0 Å². The van der Waals surface area contributed by atoms with Crippen molar-refractivity contribution >= 4 is 5.91 Å². The van der Waals surface area contributed by atoms with Crippen LogP contribution in [0.2, 0.25) is 0 Å². The van der Waals surface area contributed by atoms with Crippen molar-refractivity contribution in [2.45, 2.75) is 57.4 Å². The second-order valence-electron chi connectivity index (χ2n) is 5.31. The minimum Gasteiger partial charge on any atom is -0.341 e. The first-order chi connectivity index (χ1) is 7.79. The van der Waals surface area contributed by atoms with Crippen molar-refractivity contribution in [3.05, 3.63) is 0 Å². The maximum Gasteiger partial charge on any atom is 0.239 e. The van der Waals surface area contributed by atoms with Crippen molar-refractivity contribution in [2.75, 3.05) is 13.1 Å². The Hall–Kier alpha value is -0.570. The third kappa shape index (κ3) is 2.76. The first-order valence-electron chi connectivity index (χ1n) is 6.83. The number of carbonyl (C=O) groups excluding carboxylic acids is 1. The molecule has 92 valence electrons. The molecule has 0 bridgehead atoms. The smallest absolute Gasteiger partial charge is 0.239 e. The fourth-order valence-electron chi connectivity index (χ4n) is 3.02. The molecule has 1 atom stereocenters. The van der Waals surface area contributed by atoms with Crippen molar-refractivity contribution in [2.24, 2.45) is 11.7 Å². The molecule has 1 heterocycles. The molecule has 0 aromatic rings. The fourth-order valence-corrected chi connectivity index (χ4v) is 3.02. The summed E-state index contributed by atoms with van der Waals surface area (Å²) in [6, 6.07) is -0.222. The zero-order chi connectivity index (χ0) is 11.4. The number of hydrogen-bond donors (Lipinski definition) is 1. The van der Waals surface area contributed by atoms with Gasteiger partial charge >= 0.3 is 0 Å². The fraction of sp³-hybridized carbons (Fsp3) is 0.923. The molecule has 2 N–H and O–H groups in total. The van der Waals surface area contributed by atoms with Crippen LogP contribution in [0.4, 0.5) is 0 Å². The lowest BCUT2D eigenvalue weighted by atomic mass is 9.98. The van der Waals surface area contributed by atoms with Crippen LogP contribution in [0, 0.1) is 5.92 Å². The van der Waals surface area contributed by atoms with Gasteiger partial charge < -0.3 is 10.6 Å². The molecule has 2 aliphatic rings. The third-order valence-electron chi connectivity index (χ3n) is 4.11. The Kier molecular flexibility index (Phi) is 4.22.